The predicted molar refractivity (Wildman–Crippen MR) is 81.1 cm³/mol. The van der Waals surface area contributed by atoms with Crippen molar-refractivity contribution >= 4 is 17.6 Å². The molecule has 0 aliphatic rings. The van der Waals surface area contributed by atoms with Crippen molar-refractivity contribution in [3.05, 3.63) is 47.1 Å². The van der Waals surface area contributed by atoms with Gasteiger partial charge in [0.25, 0.3) is 5.91 Å². The zero-order valence-electron chi connectivity index (χ0n) is 12.8. The first kappa shape index (κ1) is 16.7. The van der Waals surface area contributed by atoms with Crippen LogP contribution < -0.4 is 5.32 Å². The summed E-state index contributed by atoms with van der Waals surface area (Å²) in [4.78, 5) is 23.0. The maximum absolute atomic E-state index is 13.7. The lowest BCUT2D eigenvalue weighted by molar-refractivity contribution is 0.0696. The highest BCUT2D eigenvalue weighted by Gasteiger charge is 2.19. The fraction of sp³-hybridized carbons (Fsp3) is 0.312. The molecule has 0 bridgehead atoms. The van der Waals surface area contributed by atoms with Crippen LogP contribution in [0.15, 0.2) is 28.8 Å². The van der Waals surface area contributed by atoms with Gasteiger partial charge in [0.05, 0.1) is 16.9 Å². The first-order valence-corrected chi connectivity index (χ1v) is 7.27. The van der Waals surface area contributed by atoms with E-state index in [1.54, 1.807) is 0 Å². The third-order valence-corrected chi connectivity index (χ3v) is 3.62. The van der Waals surface area contributed by atoms with Gasteiger partial charge in [0.2, 0.25) is 5.76 Å². The Hall–Kier alpha value is -2.70. The number of carbonyl (C=O) groups is 2. The van der Waals surface area contributed by atoms with Gasteiger partial charge >= 0.3 is 5.97 Å². The summed E-state index contributed by atoms with van der Waals surface area (Å²) in [6.45, 7) is 4.02. The van der Waals surface area contributed by atoms with E-state index in [2.05, 4.69) is 10.5 Å². The SMILES string of the molecule is CCC(CC)c1cc(C(=O)Nc2cc(C(=O)O)ccc2F)on1. The van der Waals surface area contributed by atoms with Gasteiger partial charge in [-0.3, -0.25) is 4.79 Å². The molecule has 1 aromatic carbocycles. The van der Waals surface area contributed by atoms with Crippen LogP contribution in [0.1, 0.15) is 59.2 Å². The predicted octanol–water partition coefficient (Wildman–Crippen LogP) is 3.67. The molecule has 2 rings (SSSR count). The van der Waals surface area contributed by atoms with Gasteiger partial charge in [0, 0.05) is 12.0 Å². The summed E-state index contributed by atoms with van der Waals surface area (Å²) in [5.74, 6) is -2.49. The Bertz CT molecular complexity index is 723. The Morgan fingerprint density at radius 3 is 2.61 bits per heavy atom. The Morgan fingerprint density at radius 2 is 2.00 bits per heavy atom. The molecule has 0 radical (unpaired) electrons. The zero-order chi connectivity index (χ0) is 17.0. The second-order valence-electron chi connectivity index (χ2n) is 5.08. The van der Waals surface area contributed by atoms with E-state index in [-0.39, 0.29) is 22.9 Å². The zero-order valence-corrected chi connectivity index (χ0v) is 12.8. The minimum Gasteiger partial charge on any atom is -0.478 e. The highest BCUT2D eigenvalue weighted by atomic mass is 19.1. The van der Waals surface area contributed by atoms with E-state index < -0.39 is 17.7 Å². The third-order valence-electron chi connectivity index (χ3n) is 3.62. The molecular formula is C16H17FN2O4. The summed E-state index contributed by atoms with van der Waals surface area (Å²) in [5.41, 5.74) is 0.312. The molecule has 2 N–H and O–H groups in total. The lowest BCUT2D eigenvalue weighted by Gasteiger charge is -2.06. The number of anilines is 1. The number of carbonyl (C=O) groups excluding carboxylic acids is 1. The van der Waals surface area contributed by atoms with Crippen molar-refractivity contribution in [3.8, 4) is 0 Å². The van der Waals surface area contributed by atoms with E-state index in [1.165, 1.54) is 6.07 Å². The Balaban J connectivity index is 2.19. The van der Waals surface area contributed by atoms with Crippen LogP contribution in [0.2, 0.25) is 0 Å². The number of carboxylic acids is 1. The van der Waals surface area contributed by atoms with Crippen molar-refractivity contribution in [3.63, 3.8) is 0 Å². The third kappa shape index (κ3) is 3.74. The van der Waals surface area contributed by atoms with Gasteiger partial charge < -0.3 is 14.9 Å². The molecule has 6 nitrogen and oxygen atoms in total. The summed E-state index contributed by atoms with van der Waals surface area (Å²) >= 11 is 0. The molecule has 1 heterocycles. The molecule has 0 atom stereocenters. The molecule has 0 aliphatic heterocycles. The van der Waals surface area contributed by atoms with Gasteiger partial charge in [-0.2, -0.15) is 0 Å². The second kappa shape index (κ2) is 7.04. The molecule has 122 valence electrons. The van der Waals surface area contributed by atoms with Crippen molar-refractivity contribution in [2.45, 2.75) is 32.6 Å². The molecule has 0 saturated heterocycles. The molecule has 1 aromatic heterocycles. The second-order valence-corrected chi connectivity index (χ2v) is 5.08. The van der Waals surface area contributed by atoms with Crippen molar-refractivity contribution in [2.24, 2.45) is 0 Å². The minimum absolute atomic E-state index is 0.0490. The van der Waals surface area contributed by atoms with Crippen LogP contribution in [-0.2, 0) is 0 Å². The van der Waals surface area contributed by atoms with E-state index in [1.807, 2.05) is 13.8 Å². The first-order valence-electron chi connectivity index (χ1n) is 7.27. The van der Waals surface area contributed by atoms with Crippen molar-refractivity contribution in [1.82, 2.24) is 5.16 Å². The van der Waals surface area contributed by atoms with Gasteiger partial charge in [-0.05, 0) is 31.0 Å². The number of nitrogens with zero attached hydrogens (tertiary/aromatic N) is 1. The van der Waals surface area contributed by atoms with Crippen molar-refractivity contribution < 1.29 is 23.6 Å². The number of aromatic carboxylic acids is 1. The lowest BCUT2D eigenvalue weighted by Crippen LogP contribution is -2.13. The summed E-state index contributed by atoms with van der Waals surface area (Å²) in [6.07, 6.45) is 1.72. The first-order chi connectivity index (χ1) is 11.0. The number of aromatic nitrogens is 1. The molecule has 0 saturated carbocycles. The molecule has 0 fully saturated rings. The monoisotopic (exact) mass is 320 g/mol. The summed E-state index contributed by atoms with van der Waals surface area (Å²) in [5, 5.41) is 15.1. The number of hydrogen-bond acceptors (Lipinski definition) is 4. The van der Waals surface area contributed by atoms with Gasteiger partial charge in [0.1, 0.15) is 5.82 Å². The Morgan fingerprint density at radius 1 is 1.30 bits per heavy atom. The van der Waals surface area contributed by atoms with Crippen LogP contribution in [0.5, 0.6) is 0 Å². The molecular weight excluding hydrogens is 303 g/mol. The van der Waals surface area contributed by atoms with E-state index in [0.29, 0.717) is 5.69 Å². The Labute approximate surface area is 132 Å². The molecule has 7 heteroatoms. The van der Waals surface area contributed by atoms with Crippen molar-refractivity contribution in [2.75, 3.05) is 5.32 Å². The normalized spacial score (nSPS) is 10.8. The molecule has 0 aliphatic carbocycles. The van der Waals surface area contributed by atoms with Gasteiger partial charge in [0.15, 0.2) is 0 Å². The molecule has 1 amide bonds. The average Bonchev–Trinajstić information content (AvgIpc) is 3.00. The number of halogens is 1. The summed E-state index contributed by atoms with van der Waals surface area (Å²) in [7, 11) is 0. The van der Waals surface area contributed by atoms with Crippen LogP contribution >= 0.6 is 0 Å². The fourth-order valence-corrected chi connectivity index (χ4v) is 2.23. The quantitative estimate of drug-likeness (QED) is 0.847. The van der Waals surface area contributed by atoms with Crippen LogP contribution in [-0.4, -0.2) is 22.1 Å². The molecule has 0 unspecified atom stereocenters. The van der Waals surface area contributed by atoms with E-state index >= 15 is 0 Å². The average molecular weight is 320 g/mol. The Kier molecular flexibility index (Phi) is 5.10. The van der Waals surface area contributed by atoms with Crippen LogP contribution in [0, 0.1) is 5.82 Å². The van der Waals surface area contributed by atoms with Crippen molar-refractivity contribution in [1.29, 1.82) is 0 Å². The minimum atomic E-state index is -1.21. The van der Waals surface area contributed by atoms with Crippen LogP contribution in [0.4, 0.5) is 10.1 Å². The smallest absolute Gasteiger partial charge is 0.335 e. The largest absolute Gasteiger partial charge is 0.478 e. The maximum atomic E-state index is 13.7. The van der Waals surface area contributed by atoms with E-state index in [9.17, 15) is 14.0 Å². The highest BCUT2D eigenvalue weighted by molar-refractivity contribution is 6.03. The number of carboxylic acid groups (broad SMARTS) is 1. The van der Waals surface area contributed by atoms with Gasteiger partial charge in [-0.1, -0.05) is 19.0 Å². The summed E-state index contributed by atoms with van der Waals surface area (Å²) in [6, 6.07) is 4.67. The van der Waals surface area contributed by atoms with Gasteiger partial charge in [-0.25, -0.2) is 9.18 Å². The number of nitrogens with one attached hydrogen (secondary N) is 1. The molecule has 23 heavy (non-hydrogen) atoms. The number of rotatable bonds is 6. The van der Waals surface area contributed by atoms with Crippen LogP contribution in [0.3, 0.4) is 0 Å². The highest BCUT2D eigenvalue weighted by Crippen LogP contribution is 2.23. The number of hydrogen-bond donors (Lipinski definition) is 2. The van der Waals surface area contributed by atoms with Crippen LogP contribution in [0.25, 0.3) is 0 Å². The molecule has 2 aromatic rings. The topological polar surface area (TPSA) is 92.4 Å². The molecule has 0 spiro atoms. The number of benzene rings is 1. The lowest BCUT2D eigenvalue weighted by atomic mass is 9.99. The van der Waals surface area contributed by atoms with E-state index in [4.69, 9.17) is 9.63 Å². The van der Waals surface area contributed by atoms with Gasteiger partial charge in [-0.15, -0.1) is 0 Å². The number of amides is 1. The summed E-state index contributed by atoms with van der Waals surface area (Å²) < 4.78 is 18.7. The van der Waals surface area contributed by atoms with E-state index in [0.717, 1.165) is 31.0 Å². The maximum Gasteiger partial charge on any atom is 0.335 e. The fourth-order valence-electron chi connectivity index (χ4n) is 2.23. The standard InChI is InChI=1S/C16H17FN2O4/c1-3-9(4-2)12-8-14(23-19-12)15(20)18-13-7-10(16(21)22)5-6-11(13)17/h5-9H,3-4H2,1-2H3,(H,18,20)(H,21,22).